The molecule has 1 aliphatic carbocycles. The molecule has 2 heteroatoms. The fourth-order valence-corrected chi connectivity index (χ4v) is 2.35. The van der Waals surface area contributed by atoms with E-state index < -0.39 is 0 Å². The molecule has 0 atom stereocenters. The predicted octanol–water partition coefficient (Wildman–Crippen LogP) is 2.86. The Bertz CT molecular complexity index is 367. The molecule has 1 aromatic carbocycles. The van der Waals surface area contributed by atoms with Crippen LogP contribution in [0.3, 0.4) is 0 Å². The van der Waals surface area contributed by atoms with Crippen LogP contribution in [-0.4, -0.2) is 6.54 Å². The Morgan fingerprint density at radius 1 is 1.38 bits per heavy atom. The van der Waals surface area contributed by atoms with Crippen LogP contribution in [0.15, 0.2) is 18.2 Å². The molecule has 0 radical (unpaired) electrons. The molecule has 0 aromatic heterocycles. The number of benzene rings is 1. The van der Waals surface area contributed by atoms with Crippen molar-refractivity contribution in [3.05, 3.63) is 29.3 Å². The Balaban J connectivity index is 1.87. The quantitative estimate of drug-likeness (QED) is 0.763. The van der Waals surface area contributed by atoms with Crippen molar-refractivity contribution >= 4 is 5.69 Å². The topological polar surface area (TPSA) is 38.0 Å². The summed E-state index contributed by atoms with van der Waals surface area (Å²) in [6.07, 6.45) is 4.14. The maximum Gasteiger partial charge on any atom is 0.0346 e. The van der Waals surface area contributed by atoms with Crippen molar-refractivity contribution in [1.82, 2.24) is 5.32 Å². The summed E-state index contributed by atoms with van der Waals surface area (Å²) in [7, 11) is 0. The van der Waals surface area contributed by atoms with E-state index in [9.17, 15) is 0 Å². The van der Waals surface area contributed by atoms with E-state index in [-0.39, 0.29) is 0 Å². The first-order valence-corrected chi connectivity index (χ1v) is 6.15. The van der Waals surface area contributed by atoms with Crippen LogP contribution in [0.1, 0.15) is 37.3 Å². The molecule has 0 aliphatic heterocycles. The van der Waals surface area contributed by atoms with Gasteiger partial charge < -0.3 is 11.1 Å². The first-order valence-electron chi connectivity index (χ1n) is 6.15. The van der Waals surface area contributed by atoms with E-state index in [4.69, 9.17) is 5.73 Å². The lowest BCUT2D eigenvalue weighted by Gasteiger charge is -2.38. The predicted molar refractivity (Wildman–Crippen MR) is 69.3 cm³/mol. The van der Waals surface area contributed by atoms with Crippen molar-refractivity contribution in [2.75, 3.05) is 12.3 Å². The van der Waals surface area contributed by atoms with E-state index in [0.29, 0.717) is 5.41 Å². The van der Waals surface area contributed by atoms with Gasteiger partial charge in [0.05, 0.1) is 0 Å². The number of nitrogen functional groups attached to an aromatic ring is 1. The molecule has 0 amide bonds. The fraction of sp³-hybridized carbons (Fsp3) is 0.571. The molecule has 1 fully saturated rings. The molecule has 1 aliphatic rings. The molecule has 0 heterocycles. The summed E-state index contributed by atoms with van der Waals surface area (Å²) < 4.78 is 0. The van der Waals surface area contributed by atoms with Crippen LogP contribution in [-0.2, 0) is 6.54 Å². The molecule has 0 saturated heterocycles. The molecule has 2 nitrogen and oxygen atoms in total. The van der Waals surface area contributed by atoms with E-state index in [1.807, 2.05) is 12.1 Å². The van der Waals surface area contributed by atoms with Gasteiger partial charge in [0.15, 0.2) is 0 Å². The van der Waals surface area contributed by atoms with E-state index in [2.05, 4.69) is 25.2 Å². The van der Waals surface area contributed by atoms with Gasteiger partial charge in [0.1, 0.15) is 0 Å². The molecule has 3 N–H and O–H groups in total. The molecule has 88 valence electrons. The second-order valence-electron chi connectivity index (χ2n) is 5.40. The zero-order chi connectivity index (χ0) is 11.6. The van der Waals surface area contributed by atoms with E-state index in [1.54, 1.807) is 0 Å². The zero-order valence-electron chi connectivity index (χ0n) is 10.3. The largest absolute Gasteiger partial charge is 0.399 e. The summed E-state index contributed by atoms with van der Waals surface area (Å²) in [5.41, 5.74) is 9.87. The summed E-state index contributed by atoms with van der Waals surface area (Å²) in [5, 5.41) is 3.56. The standard InChI is InChI=1S/C14H22N2/c1-11-12(5-3-6-13(11)15)9-16-10-14(2)7-4-8-14/h3,5-6,16H,4,7-10,15H2,1-2H3. The maximum atomic E-state index is 5.89. The summed E-state index contributed by atoms with van der Waals surface area (Å²) in [6, 6.07) is 6.15. The van der Waals surface area contributed by atoms with Crippen molar-refractivity contribution in [2.45, 2.75) is 39.7 Å². The number of hydrogen-bond acceptors (Lipinski definition) is 2. The van der Waals surface area contributed by atoms with Gasteiger partial charge in [-0.25, -0.2) is 0 Å². The van der Waals surface area contributed by atoms with Crippen molar-refractivity contribution in [3.8, 4) is 0 Å². The Hall–Kier alpha value is -1.02. The average Bonchev–Trinajstić information content (AvgIpc) is 2.22. The highest BCUT2D eigenvalue weighted by Crippen LogP contribution is 2.39. The molecular weight excluding hydrogens is 196 g/mol. The second kappa shape index (κ2) is 4.46. The van der Waals surface area contributed by atoms with Crippen molar-refractivity contribution in [1.29, 1.82) is 0 Å². The van der Waals surface area contributed by atoms with Gasteiger partial charge in [-0.15, -0.1) is 0 Å². The van der Waals surface area contributed by atoms with E-state index in [0.717, 1.165) is 18.8 Å². The third kappa shape index (κ3) is 2.38. The van der Waals surface area contributed by atoms with Gasteiger partial charge in [0, 0.05) is 18.8 Å². The number of nitrogens with one attached hydrogen (secondary N) is 1. The van der Waals surface area contributed by atoms with E-state index >= 15 is 0 Å². The lowest BCUT2D eigenvalue weighted by atomic mass is 9.70. The van der Waals surface area contributed by atoms with Gasteiger partial charge in [0.2, 0.25) is 0 Å². The van der Waals surface area contributed by atoms with E-state index in [1.165, 1.54) is 30.4 Å². The second-order valence-corrected chi connectivity index (χ2v) is 5.40. The Morgan fingerprint density at radius 2 is 2.12 bits per heavy atom. The van der Waals surface area contributed by atoms with Crippen molar-refractivity contribution in [3.63, 3.8) is 0 Å². The highest BCUT2D eigenvalue weighted by Gasteiger charge is 2.30. The molecule has 1 saturated carbocycles. The molecule has 0 spiro atoms. The molecule has 16 heavy (non-hydrogen) atoms. The van der Waals surface area contributed by atoms with Crippen LogP contribution >= 0.6 is 0 Å². The zero-order valence-corrected chi connectivity index (χ0v) is 10.3. The minimum Gasteiger partial charge on any atom is -0.399 e. The molecule has 0 unspecified atom stereocenters. The number of anilines is 1. The first kappa shape index (κ1) is 11.5. The van der Waals surface area contributed by atoms with Gasteiger partial charge in [-0.05, 0) is 42.4 Å². The molecule has 1 aromatic rings. The van der Waals surface area contributed by atoms with Crippen LogP contribution in [0.2, 0.25) is 0 Å². The molecule has 0 bridgehead atoms. The smallest absolute Gasteiger partial charge is 0.0346 e. The minimum absolute atomic E-state index is 0.550. The number of hydrogen-bond donors (Lipinski definition) is 2. The summed E-state index contributed by atoms with van der Waals surface area (Å²) in [4.78, 5) is 0. The number of rotatable bonds is 4. The highest BCUT2D eigenvalue weighted by molar-refractivity contribution is 5.49. The van der Waals surface area contributed by atoms with Crippen molar-refractivity contribution < 1.29 is 0 Å². The fourth-order valence-electron chi connectivity index (χ4n) is 2.35. The summed E-state index contributed by atoms with van der Waals surface area (Å²) in [6.45, 7) is 6.53. The monoisotopic (exact) mass is 218 g/mol. The van der Waals surface area contributed by atoms with Crippen LogP contribution in [0.25, 0.3) is 0 Å². The summed E-state index contributed by atoms with van der Waals surface area (Å²) >= 11 is 0. The SMILES string of the molecule is Cc1c(N)cccc1CNCC1(C)CCC1. The van der Waals surface area contributed by atoms with Crippen molar-refractivity contribution in [2.24, 2.45) is 5.41 Å². The van der Waals surface area contributed by atoms with Gasteiger partial charge >= 0.3 is 0 Å². The van der Waals surface area contributed by atoms with Crippen LogP contribution in [0, 0.1) is 12.3 Å². The van der Waals surface area contributed by atoms with Crippen LogP contribution in [0.4, 0.5) is 5.69 Å². The third-order valence-corrected chi connectivity index (χ3v) is 3.92. The lowest BCUT2D eigenvalue weighted by Crippen LogP contribution is -2.37. The normalized spacial score (nSPS) is 18.1. The van der Waals surface area contributed by atoms with Gasteiger partial charge in [-0.3, -0.25) is 0 Å². The third-order valence-electron chi connectivity index (χ3n) is 3.92. The van der Waals surface area contributed by atoms with Crippen LogP contribution < -0.4 is 11.1 Å². The molecule has 2 rings (SSSR count). The van der Waals surface area contributed by atoms with Crippen LogP contribution in [0.5, 0.6) is 0 Å². The van der Waals surface area contributed by atoms with Gasteiger partial charge in [-0.1, -0.05) is 25.5 Å². The van der Waals surface area contributed by atoms with Gasteiger partial charge in [0.25, 0.3) is 0 Å². The average molecular weight is 218 g/mol. The Morgan fingerprint density at radius 3 is 2.75 bits per heavy atom. The number of nitrogens with two attached hydrogens (primary N) is 1. The minimum atomic E-state index is 0.550. The first-order chi connectivity index (χ1) is 7.61. The summed E-state index contributed by atoms with van der Waals surface area (Å²) in [5.74, 6) is 0. The van der Waals surface area contributed by atoms with Gasteiger partial charge in [-0.2, -0.15) is 0 Å². The lowest BCUT2D eigenvalue weighted by molar-refractivity contribution is 0.156. The highest BCUT2D eigenvalue weighted by atomic mass is 14.9. The Labute approximate surface area is 98.2 Å². The maximum absolute atomic E-state index is 5.89. The molecular formula is C14H22N2. The Kier molecular flexibility index (Phi) is 3.20.